The highest BCUT2D eigenvalue weighted by molar-refractivity contribution is 7.99. The number of fused-ring (bicyclic) bond motifs is 4. The lowest BCUT2D eigenvalue weighted by Crippen LogP contribution is -2.65. The maximum Gasteiger partial charge on any atom is 0.305 e. The number of amides is 14. The lowest BCUT2D eigenvalue weighted by molar-refractivity contribution is -0.148. The number of hydrogen-bond acceptors (Lipinski definition) is 24. The number of carboxylic acid groups (broad SMARTS) is 2. The molecule has 3 aromatic carbocycles. The number of H-pyrrole nitrogens is 1. The highest BCUT2D eigenvalue weighted by atomic mass is 32.2. The molecule has 3 aliphatic rings. The van der Waals surface area contributed by atoms with Gasteiger partial charge in [-0.1, -0.05) is 84.9 Å². The Morgan fingerprint density at radius 3 is 1.87 bits per heavy atom. The van der Waals surface area contributed by atoms with E-state index >= 15 is 24.0 Å². The Balaban J connectivity index is 1.26. The number of nitrogens with zero attached hydrogens (tertiary/aromatic N) is 3. The number of aliphatic carboxylic acids is 2. The van der Waals surface area contributed by atoms with Crippen LogP contribution in [0.3, 0.4) is 0 Å². The van der Waals surface area contributed by atoms with Gasteiger partial charge in [-0.15, -0.1) is 0 Å². The van der Waals surface area contributed by atoms with Gasteiger partial charge in [-0.3, -0.25) is 82.1 Å². The number of aromatic nitrogens is 2. The van der Waals surface area contributed by atoms with Gasteiger partial charge >= 0.3 is 11.9 Å². The molecule has 0 aliphatic carbocycles. The molecule has 14 amide bonds. The average molecular weight is 1760 g/mol. The lowest BCUT2D eigenvalue weighted by Gasteiger charge is -2.34. The van der Waals surface area contributed by atoms with E-state index in [-0.39, 0.29) is 87.5 Å². The first kappa shape index (κ1) is 97.7. The summed E-state index contributed by atoms with van der Waals surface area (Å²) in [5.74, 6) is -16.9. The minimum absolute atomic E-state index is 0.00389. The van der Waals surface area contributed by atoms with Crippen molar-refractivity contribution in [1.82, 2.24) is 83.6 Å². The lowest BCUT2D eigenvalue weighted by atomic mass is 9.90. The molecule has 4 aromatic rings. The Bertz CT molecular complexity index is 4330. The van der Waals surface area contributed by atoms with E-state index in [9.17, 15) is 78.3 Å². The Kier molecular flexibility index (Phi) is 38.7. The molecule has 0 saturated carbocycles. The molecule has 2 unspecified atom stereocenters. The molecular weight excluding hydrogens is 1650 g/mol. The minimum atomic E-state index is -2.12. The first-order valence-corrected chi connectivity index (χ1v) is 43.3. The zero-order valence-corrected chi connectivity index (χ0v) is 70.3. The number of nitrogens with one attached hydrogen (secondary N) is 14. The quantitative estimate of drug-likeness (QED) is 0.00911. The molecule has 2 fully saturated rings. The summed E-state index contributed by atoms with van der Waals surface area (Å²) in [6.45, 7) is 3.80. The van der Waals surface area contributed by atoms with Gasteiger partial charge in [-0.05, 0) is 99.5 Å². The Morgan fingerprint density at radius 1 is 0.664 bits per heavy atom. The van der Waals surface area contributed by atoms with E-state index in [1.165, 1.54) is 59.7 Å². The third-order valence-corrected chi connectivity index (χ3v) is 23.1. The minimum Gasteiger partial charge on any atom is -0.481 e. The number of benzene rings is 3. The van der Waals surface area contributed by atoms with Crippen molar-refractivity contribution in [2.75, 3.05) is 43.1 Å². The Labute approximate surface area is 716 Å². The van der Waals surface area contributed by atoms with Crippen molar-refractivity contribution < 1.29 is 102 Å². The molecule has 0 radical (unpaired) electrons. The number of thioether (sulfide) groups is 3. The number of carboxylic acids is 2. The van der Waals surface area contributed by atoms with Crippen molar-refractivity contribution in [2.45, 2.75) is 213 Å². The van der Waals surface area contributed by atoms with E-state index in [4.69, 9.17) is 16.9 Å². The number of imidazole rings is 1. The van der Waals surface area contributed by atoms with Gasteiger partial charge < -0.3 is 116 Å². The monoisotopic (exact) mass is 1760 g/mol. The van der Waals surface area contributed by atoms with Gasteiger partial charge in [0.2, 0.25) is 82.7 Å². The summed E-state index contributed by atoms with van der Waals surface area (Å²) in [6, 6.07) is 4.19. The summed E-state index contributed by atoms with van der Waals surface area (Å²) in [7, 11) is 0. The van der Waals surface area contributed by atoms with Gasteiger partial charge in [0.05, 0.1) is 24.5 Å². The summed E-state index contributed by atoms with van der Waals surface area (Å²) in [4.78, 5) is 237. The molecule has 122 heavy (non-hydrogen) atoms. The third kappa shape index (κ3) is 30.9. The molecule has 2 bridgehead atoms. The average Bonchev–Trinajstić information content (AvgIpc) is 1.65. The van der Waals surface area contributed by atoms with Crippen LogP contribution in [0, 0.1) is 5.41 Å². The molecular formula is C79H109N19O21S3. The number of aliphatic hydroxyl groups is 3. The molecule has 14 atom stereocenters. The molecule has 664 valence electrons. The van der Waals surface area contributed by atoms with Crippen LogP contribution in [-0.2, 0) is 107 Å². The summed E-state index contributed by atoms with van der Waals surface area (Å²) in [5, 5.41) is 89.3. The number of hydrogen-bond donors (Lipinski definition) is 21. The van der Waals surface area contributed by atoms with Gasteiger partial charge in [0.25, 0.3) is 0 Å². The van der Waals surface area contributed by atoms with Gasteiger partial charge in [0.15, 0.2) is 12.2 Å². The zero-order chi connectivity index (χ0) is 89.3. The van der Waals surface area contributed by atoms with Crippen molar-refractivity contribution in [1.29, 1.82) is 5.41 Å². The summed E-state index contributed by atoms with van der Waals surface area (Å²) >= 11 is 3.73. The zero-order valence-electron chi connectivity index (χ0n) is 67.9. The summed E-state index contributed by atoms with van der Waals surface area (Å²) in [5.41, 5.74) is 11.2. The Hall–Kier alpha value is -11.4. The number of guanidine groups is 1. The number of carbonyl (C=O) groups is 16. The van der Waals surface area contributed by atoms with Crippen LogP contribution in [0.5, 0.6) is 0 Å². The van der Waals surface area contributed by atoms with Crippen LogP contribution in [0.25, 0.3) is 0 Å². The molecule has 1 aromatic heterocycles. The topological polar surface area (TPSA) is 630 Å². The van der Waals surface area contributed by atoms with Gasteiger partial charge in [-0.2, -0.15) is 35.3 Å². The van der Waals surface area contributed by atoms with E-state index < -0.39 is 229 Å². The number of aliphatic hydroxyl groups excluding tert-OH is 2. The first-order valence-electron chi connectivity index (χ1n) is 39.6. The van der Waals surface area contributed by atoms with Gasteiger partial charge in [-0.25, -0.2) is 4.98 Å². The van der Waals surface area contributed by atoms with Crippen LogP contribution in [0.2, 0.25) is 0 Å². The number of primary amides is 1. The Morgan fingerprint density at radius 2 is 1.27 bits per heavy atom. The van der Waals surface area contributed by atoms with Crippen LogP contribution >= 0.6 is 35.3 Å². The normalized spacial score (nSPS) is 21.0. The maximum absolute atomic E-state index is 15.3. The van der Waals surface area contributed by atoms with Gasteiger partial charge in [0, 0.05) is 87.9 Å². The predicted octanol–water partition coefficient (Wildman–Crippen LogP) is -3.73. The number of rotatable bonds is 35. The van der Waals surface area contributed by atoms with Crippen molar-refractivity contribution in [3.63, 3.8) is 0 Å². The fraction of sp³-hybridized carbons (Fsp3) is 0.519. The number of nitrogens with two attached hydrogens (primary N) is 2. The van der Waals surface area contributed by atoms with Crippen LogP contribution in [-0.4, -0.2) is 279 Å². The number of carbonyl (C=O) groups excluding carboxylic acids is 14. The third-order valence-electron chi connectivity index (χ3n) is 20.2. The smallest absolute Gasteiger partial charge is 0.305 e. The second-order valence-electron chi connectivity index (χ2n) is 30.0. The molecule has 4 heterocycles. The fourth-order valence-electron chi connectivity index (χ4n) is 14.0. The van der Waals surface area contributed by atoms with Crippen molar-refractivity contribution >= 4 is 136 Å². The molecule has 7 rings (SSSR count). The predicted molar refractivity (Wildman–Crippen MR) is 447 cm³/mol. The molecule has 3 aliphatic heterocycles. The van der Waals surface area contributed by atoms with E-state index in [1.807, 2.05) is 12.3 Å². The van der Waals surface area contributed by atoms with Crippen LogP contribution in [0.15, 0.2) is 97.5 Å². The second-order valence-corrected chi connectivity index (χ2v) is 33.1. The fourth-order valence-corrected chi connectivity index (χ4v) is 16.4. The van der Waals surface area contributed by atoms with Crippen molar-refractivity contribution in [3.8, 4) is 0 Å². The van der Waals surface area contributed by atoms with E-state index in [2.05, 4.69) is 73.8 Å². The van der Waals surface area contributed by atoms with Crippen LogP contribution < -0.4 is 75.3 Å². The molecule has 40 nitrogen and oxygen atoms in total. The molecule has 43 heteroatoms. The standard InChI is InChI=1S/C79H109N19O21S3/c1-43(99)64-74(116)87-51(24-25-61(101)102)67(109)89-54(32-45-15-7-5-8-16-45)69(111)92-57(40-121-38-47-19-11-20-48(31-47)39-122-41-58(93-68(110)52(26-30-120-4)86-44(2)100)75(117)98-29-14-23-60(98)76(118)97-28-13-22-59(97)73(115)95-64)71(113)91-56(35-63(105)106)70(112)90-55(33-49-37-83-42-85-49)72(114)96-79(3,36-46-17-9-6-10-18-46)77(119)94-50(21-12-27-84-78(81)82)66(108)88-53(65(80)107)34-62(103)104/h5-11,15-20,31,37,42-43,50-60,62,64,99,103-104H,12-14,21-30,32-36,38-41H2,1-4H3,(H2,80,107)(H,83,85)(H,86,100)(H,87,116)(H,88,108)(H,89,109)(H,90,112)(H,91,113)(H,92,111)(H,93,110)(H,94,119)(H,95,115)(H,96,114)(H,101,102)(H,105,106)(H4,81,82,84)/t43-,50+,51+,52+,53+,54+,55+,56?,57+,58+,59+,60+,64+,79?/m1/s1. The highest BCUT2D eigenvalue weighted by Crippen LogP contribution is 2.28. The molecule has 2 saturated heterocycles. The summed E-state index contributed by atoms with van der Waals surface area (Å²) < 4.78 is 0. The second kappa shape index (κ2) is 48.3. The van der Waals surface area contributed by atoms with Gasteiger partial charge in [0.1, 0.15) is 78.0 Å². The van der Waals surface area contributed by atoms with Crippen LogP contribution in [0.4, 0.5) is 0 Å². The van der Waals surface area contributed by atoms with E-state index in [0.717, 1.165) is 18.7 Å². The first-order chi connectivity index (χ1) is 58.0. The molecule has 0 spiro atoms. The van der Waals surface area contributed by atoms with Crippen molar-refractivity contribution in [3.05, 3.63) is 125 Å². The van der Waals surface area contributed by atoms with E-state index in [0.29, 0.717) is 40.8 Å². The molecule has 23 N–H and O–H groups in total. The largest absolute Gasteiger partial charge is 0.481 e. The highest BCUT2D eigenvalue weighted by Gasteiger charge is 2.47. The van der Waals surface area contributed by atoms with Crippen LogP contribution in [0.1, 0.15) is 119 Å². The maximum atomic E-state index is 15.3. The SMILES string of the molecule is CSCC[C@H](NC(C)=O)C(=O)N[C@H]1CSCc2cccc(c2)CSC[C@@H](C(=O)NC(CC(=O)O)C(=O)N[C@@H](Cc2c[nH]cn2)C(=O)NC(C)(Cc2ccccc2)C(=O)N[C@@H](CCCNC(=N)N)C(=O)N[C@@H](CC(O)O)C(N)=O)NC(=O)[C@H](Cc2ccccc2)NC(=O)[C@H](CCC(=O)O)NC(=O)[C@H]([C@@H](C)O)NC(=O)[C@@H]2CCCN2C(=O)[C@@H]2CCCN2C1=O. The van der Waals surface area contributed by atoms with E-state index in [1.54, 1.807) is 78.9 Å². The number of aromatic amines is 1. The van der Waals surface area contributed by atoms with Crippen molar-refractivity contribution in [2.24, 2.45) is 11.5 Å². The summed E-state index contributed by atoms with van der Waals surface area (Å²) in [6.07, 6.45) is -3.06.